The fourth-order valence-electron chi connectivity index (χ4n) is 1.54. The molecule has 0 radical (unpaired) electrons. The molecule has 0 heterocycles. The summed E-state index contributed by atoms with van der Waals surface area (Å²) in [4.78, 5) is 13.2. The lowest BCUT2D eigenvalue weighted by Gasteiger charge is -2.23. The fraction of sp³-hybridized carbons (Fsp3) is 0.417. The van der Waals surface area contributed by atoms with Gasteiger partial charge in [-0.05, 0) is 24.3 Å². The normalized spacial score (nSPS) is 9.63. The second-order valence-electron chi connectivity index (χ2n) is 3.66. The van der Waals surface area contributed by atoms with Gasteiger partial charge in [-0.3, -0.25) is 4.79 Å². The van der Waals surface area contributed by atoms with Crippen molar-refractivity contribution in [3.8, 4) is 0 Å². The lowest BCUT2D eigenvalue weighted by molar-refractivity contribution is -0.114. The lowest BCUT2D eigenvalue weighted by Crippen LogP contribution is -2.27. The molecular weight excluding hydrogens is 309 g/mol. The molecule has 1 amide bonds. The molecule has 4 nitrogen and oxygen atoms in total. The molecule has 7 heteroatoms. The maximum Gasteiger partial charge on any atom is 0.238 e. The zero-order chi connectivity index (χ0) is 13.4. The van der Waals surface area contributed by atoms with Crippen LogP contribution >= 0.6 is 35.6 Å². The Bertz CT molecular complexity index is 367. The molecule has 0 unspecified atom stereocenters. The highest BCUT2D eigenvalue weighted by molar-refractivity contribution is 6.18. The average Bonchev–Trinajstić information content (AvgIpc) is 2.39. The van der Waals surface area contributed by atoms with Gasteiger partial charge in [0.2, 0.25) is 5.91 Å². The first-order valence-electron chi connectivity index (χ1n) is 5.68. The third kappa shape index (κ3) is 6.34. The van der Waals surface area contributed by atoms with Gasteiger partial charge >= 0.3 is 0 Å². The first-order valence-corrected chi connectivity index (χ1v) is 6.75. The van der Waals surface area contributed by atoms with E-state index in [2.05, 4.69) is 10.2 Å². The number of nitrogens with one attached hydrogen (secondary N) is 1. The van der Waals surface area contributed by atoms with Crippen molar-refractivity contribution in [2.45, 2.75) is 0 Å². The molecule has 0 aromatic heterocycles. The van der Waals surface area contributed by atoms with Crippen LogP contribution in [0.25, 0.3) is 0 Å². The number of carbonyl (C=O) groups is 1. The summed E-state index contributed by atoms with van der Waals surface area (Å²) >= 11 is 11.5. The van der Waals surface area contributed by atoms with Crippen LogP contribution in [0.15, 0.2) is 24.3 Å². The minimum atomic E-state index is -0.207. The van der Waals surface area contributed by atoms with Crippen LogP contribution in [0.1, 0.15) is 0 Å². The van der Waals surface area contributed by atoms with Crippen LogP contribution in [-0.4, -0.2) is 37.3 Å². The minimum Gasteiger partial charge on any atom is -0.369 e. The fourth-order valence-corrected chi connectivity index (χ4v) is 1.95. The van der Waals surface area contributed by atoms with E-state index in [0.29, 0.717) is 11.8 Å². The summed E-state index contributed by atoms with van der Waals surface area (Å²) in [5.41, 5.74) is 6.98. The Labute approximate surface area is 129 Å². The molecule has 0 atom stereocenters. The molecule has 108 valence electrons. The van der Waals surface area contributed by atoms with Gasteiger partial charge in [-0.1, -0.05) is 0 Å². The van der Waals surface area contributed by atoms with E-state index in [1.54, 1.807) is 0 Å². The summed E-state index contributed by atoms with van der Waals surface area (Å²) in [6, 6.07) is 7.51. The Balaban J connectivity index is 0.00000324. The van der Waals surface area contributed by atoms with Crippen molar-refractivity contribution in [3.63, 3.8) is 0 Å². The van der Waals surface area contributed by atoms with Gasteiger partial charge in [0, 0.05) is 36.2 Å². The second kappa shape index (κ2) is 10.1. The Morgan fingerprint density at radius 2 is 1.68 bits per heavy atom. The van der Waals surface area contributed by atoms with Crippen molar-refractivity contribution in [3.05, 3.63) is 24.3 Å². The van der Waals surface area contributed by atoms with Gasteiger partial charge in [0.1, 0.15) is 0 Å². The number of carbonyl (C=O) groups excluding carboxylic acids is 1. The topological polar surface area (TPSA) is 58.4 Å². The van der Waals surface area contributed by atoms with Crippen molar-refractivity contribution < 1.29 is 4.79 Å². The van der Waals surface area contributed by atoms with E-state index < -0.39 is 0 Å². The van der Waals surface area contributed by atoms with Crippen molar-refractivity contribution in [1.82, 2.24) is 0 Å². The van der Waals surface area contributed by atoms with Gasteiger partial charge < -0.3 is 16.0 Å². The predicted octanol–water partition coefficient (Wildman–Crippen LogP) is 2.29. The van der Waals surface area contributed by atoms with E-state index in [9.17, 15) is 4.79 Å². The molecule has 0 fully saturated rings. The van der Waals surface area contributed by atoms with E-state index in [1.807, 2.05) is 24.3 Å². The van der Waals surface area contributed by atoms with Gasteiger partial charge in [0.15, 0.2) is 0 Å². The molecule has 1 aromatic rings. The Morgan fingerprint density at radius 3 is 2.11 bits per heavy atom. The number of rotatable bonds is 7. The number of hydrogen-bond acceptors (Lipinski definition) is 3. The molecule has 0 saturated carbocycles. The van der Waals surface area contributed by atoms with Crippen LogP contribution in [0.4, 0.5) is 11.4 Å². The van der Waals surface area contributed by atoms with E-state index >= 15 is 0 Å². The summed E-state index contributed by atoms with van der Waals surface area (Å²) in [5, 5.41) is 2.69. The van der Waals surface area contributed by atoms with E-state index in [4.69, 9.17) is 28.9 Å². The number of anilines is 2. The number of halogens is 3. The molecule has 3 N–H and O–H groups in total. The van der Waals surface area contributed by atoms with Gasteiger partial charge in [-0.25, -0.2) is 0 Å². The predicted molar refractivity (Wildman–Crippen MR) is 85.0 cm³/mol. The molecule has 1 aromatic carbocycles. The van der Waals surface area contributed by atoms with Crippen LogP contribution in [0, 0.1) is 0 Å². The summed E-state index contributed by atoms with van der Waals surface area (Å²) in [6.07, 6.45) is 0. The highest BCUT2D eigenvalue weighted by atomic mass is 35.5. The molecule has 0 aliphatic carbocycles. The molecule has 19 heavy (non-hydrogen) atoms. The number of hydrogen-bond donors (Lipinski definition) is 2. The molecule has 0 saturated heterocycles. The summed E-state index contributed by atoms with van der Waals surface area (Å²) < 4.78 is 0. The third-order valence-corrected chi connectivity index (χ3v) is 2.75. The van der Waals surface area contributed by atoms with Crippen molar-refractivity contribution in [2.24, 2.45) is 5.73 Å². The van der Waals surface area contributed by atoms with Crippen LogP contribution < -0.4 is 16.0 Å². The van der Waals surface area contributed by atoms with Crippen molar-refractivity contribution >= 4 is 52.9 Å². The average molecular weight is 327 g/mol. The third-order valence-electron chi connectivity index (χ3n) is 2.41. The standard InChI is InChI=1S/C12H17Cl2N3O.ClH/c13-5-7-17(8-6-14)11-3-1-10(2-4-11)16-12(18)9-15;/h1-4H,5-9,15H2,(H,16,18);1H. The number of alkyl halides is 2. The SMILES string of the molecule is Cl.NCC(=O)Nc1ccc(N(CCCl)CCCl)cc1. The molecule has 0 aliphatic heterocycles. The van der Waals surface area contributed by atoms with Gasteiger partial charge in [-0.15, -0.1) is 35.6 Å². The maximum atomic E-state index is 11.1. The maximum absolute atomic E-state index is 11.1. The molecule has 0 bridgehead atoms. The van der Waals surface area contributed by atoms with Crippen LogP contribution in [0.5, 0.6) is 0 Å². The highest BCUT2D eigenvalue weighted by Crippen LogP contribution is 2.18. The van der Waals surface area contributed by atoms with Crippen LogP contribution in [0.2, 0.25) is 0 Å². The monoisotopic (exact) mass is 325 g/mol. The Hall–Kier alpha value is -0.680. The number of benzene rings is 1. The van der Waals surface area contributed by atoms with Crippen LogP contribution in [0.3, 0.4) is 0 Å². The van der Waals surface area contributed by atoms with E-state index in [1.165, 1.54) is 0 Å². The van der Waals surface area contributed by atoms with Crippen molar-refractivity contribution in [2.75, 3.05) is 41.6 Å². The van der Waals surface area contributed by atoms with Gasteiger partial charge in [-0.2, -0.15) is 0 Å². The first kappa shape index (κ1) is 18.3. The molecule has 0 aliphatic rings. The molecular formula is C12H18Cl3N3O. The van der Waals surface area contributed by atoms with Crippen molar-refractivity contribution in [1.29, 1.82) is 0 Å². The number of nitrogens with zero attached hydrogens (tertiary/aromatic N) is 1. The zero-order valence-corrected chi connectivity index (χ0v) is 12.8. The summed E-state index contributed by atoms with van der Waals surface area (Å²) in [7, 11) is 0. The van der Waals surface area contributed by atoms with E-state index in [-0.39, 0.29) is 24.9 Å². The highest BCUT2D eigenvalue weighted by Gasteiger charge is 2.05. The van der Waals surface area contributed by atoms with Gasteiger partial charge in [0.25, 0.3) is 0 Å². The number of nitrogens with two attached hydrogens (primary N) is 1. The smallest absolute Gasteiger partial charge is 0.238 e. The first-order chi connectivity index (χ1) is 8.71. The lowest BCUT2D eigenvalue weighted by atomic mass is 10.2. The Kier molecular flexibility index (Phi) is 9.79. The Morgan fingerprint density at radius 1 is 1.16 bits per heavy atom. The quantitative estimate of drug-likeness (QED) is 0.756. The van der Waals surface area contributed by atoms with Crippen LogP contribution in [-0.2, 0) is 4.79 Å². The second-order valence-corrected chi connectivity index (χ2v) is 4.42. The largest absolute Gasteiger partial charge is 0.369 e. The zero-order valence-electron chi connectivity index (χ0n) is 10.4. The summed E-state index contributed by atoms with van der Waals surface area (Å²) in [5.74, 6) is 0.881. The molecule has 0 spiro atoms. The van der Waals surface area contributed by atoms with E-state index in [0.717, 1.165) is 24.5 Å². The molecule has 1 rings (SSSR count). The number of amides is 1. The summed E-state index contributed by atoms with van der Waals surface area (Å²) in [6.45, 7) is 1.46. The minimum absolute atomic E-state index is 0. The van der Waals surface area contributed by atoms with Gasteiger partial charge in [0.05, 0.1) is 6.54 Å².